The zero-order valence-corrected chi connectivity index (χ0v) is 12.0. The van der Waals surface area contributed by atoms with Gasteiger partial charge in [0.15, 0.2) is 5.65 Å². The average Bonchev–Trinajstić information content (AvgIpc) is 2.64. The number of fused-ring (bicyclic) bond motifs is 1. The summed E-state index contributed by atoms with van der Waals surface area (Å²) in [6.07, 6.45) is 5.23. The van der Waals surface area contributed by atoms with Crippen molar-refractivity contribution >= 4 is 34.4 Å². The maximum absolute atomic E-state index is 6.26. The molecule has 5 heteroatoms. The Bertz CT molecular complexity index is 600. The molecule has 0 spiro atoms. The molecule has 0 radical (unpaired) electrons. The minimum absolute atomic E-state index is 0.105. The van der Waals surface area contributed by atoms with Gasteiger partial charge in [0.2, 0.25) is 0 Å². The zero-order valence-electron chi connectivity index (χ0n) is 10.5. The van der Waals surface area contributed by atoms with Crippen LogP contribution in [0.5, 0.6) is 0 Å². The lowest BCUT2D eigenvalue weighted by Crippen LogP contribution is -2.38. The van der Waals surface area contributed by atoms with Gasteiger partial charge in [-0.1, -0.05) is 11.6 Å². The first kappa shape index (κ1) is 12.2. The number of halogens is 2. The van der Waals surface area contributed by atoms with Gasteiger partial charge in [0, 0.05) is 11.7 Å². The zero-order chi connectivity index (χ0) is 12.9. The summed E-state index contributed by atoms with van der Waals surface area (Å²) < 4.78 is 2.21. The highest BCUT2D eigenvalue weighted by Crippen LogP contribution is 2.43. The number of pyridine rings is 1. The Morgan fingerprint density at radius 2 is 2.17 bits per heavy atom. The highest BCUT2D eigenvalue weighted by atomic mass is 35.5. The van der Waals surface area contributed by atoms with Gasteiger partial charge in [-0.25, -0.2) is 9.97 Å². The Kier molecular flexibility index (Phi) is 2.79. The molecule has 0 amide bonds. The summed E-state index contributed by atoms with van der Waals surface area (Å²) in [7, 11) is 0. The van der Waals surface area contributed by atoms with Crippen LogP contribution < -0.4 is 0 Å². The fourth-order valence-corrected chi connectivity index (χ4v) is 2.97. The number of hydrogen-bond donors (Lipinski definition) is 0. The van der Waals surface area contributed by atoms with E-state index in [-0.39, 0.29) is 10.9 Å². The van der Waals surface area contributed by atoms with Crippen LogP contribution in [-0.2, 0) is 5.54 Å². The number of alkyl halides is 1. The minimum atomic E-state index is -0.129. The van der Waals surface area contributed by atoms with Gasteiger partial charge in [0.25, 0.3) is 0 Å². The van der Waals surface area contributed by atoms with Crippen LogP contribution in [0.15, 0.2) is 12.3 Å². The number of imidazole rings is 1. The molecule has 3 rings (SSSR count). The molecule has 0 bridgehead atoms. The Hall–Kier alpha value is -0.800. The second-order valence-corrected chi connectivity index (χ2v) is 6.36. The normalized spacial score (nSPS) is 19.8. The highest BCUT2D eigenvalue weighted by molar-refractivity contribution is 6.31. The van der Waals surface area contributed by atoms with Crippen LogP contribution in [0.2, 0.25) is 5.02 Å². The summed E-state index contributed by atoms with van der Waals surface area (Å²) in [6.45, 7) is 4.19. The van der Waals surface area contributed by atoms with E-state index < -0.39 is 0 Å². The molecule has 1 unspecified atom stereocenters. The third-order valence-electron chi connectivity index (χ3n) is 3.82. The quantitative estimate of drug-likeness (QED) is 0.770. The maximum atomic E-state index is 6.26. The second-order valence-electron chi connectivity index (χ2n) is 5.27. The molecule has 2 heterocycles. The molecular formula is C13H15Cl2N3. The molecule has 0 saturated heterocycles. The number of aromatic nitrogens is 3. The van der Waals surface area contributed by atoms with Crippen LogP contribution in [0.4, 0.5) is 0 Å². The Labute approximate surface area is 116 Å². The van der Waals surface area contributed by atoms with Crippen LogP contribution in [-0.4, -0.2) is 14.5 Å². The van der Waals surface area contributed by atoms with E-state index in [1.807, 2.05) is 13.0 Å². The van der Waals surface area contributed by atoms with Gasteiger partial charge < -0.3 is 4.57 Å². The van der Waals surface area contributed by atoms with E-state index in [0.717, 1.165) is 29.8 Å². The Balaban J connectivity index is 2.28. The van der Waals surface area contributed by atoms with E-state index in [1.54, 1.807) is 6.20 Å². The van der Waals surface area contributed by atoms with Crippen molar-refractivity contribution < 1.29 is 0 Å². The van der Waals surface area contributed by atoms with Crippen LogP contribution in [0.1, 0.15) is 44.3 Å². The predicted molar refractivity (Wildman–Crippen MR) is 74.3 cm³/mol. The number of hydrogen-bond acceptors (Lipinski definition) is 2. The lowest BCUT2D eigenvalue weighted by atomic mass is 9.78. The van der Waals surface area contributed by atoms with Crippen LogP contribution >= 0.6 is 23.2 Å². The molecule has 2 aromatic heterocycles. The highest BCUT2D eigenvalue weighted by Gasteiger charge is 2.37. The van der Waals surface area contributed by atoms with Crippen molar-refractivity contribution in [3.63, 3.8) is 0 Å². The summed E-state index contributed by atoms with van der Waals surface area (Å²) in [5.74, 6) is 0.892. The molecule has 1 saturated carbocycles. The third-order valence-corrected chi connectivity index (χ3v) is 4.22. The van der Waals surface area contributed by atoms with Gasteiger partial charge in [-0.05, 0) is 39.2 Å². The van der Waals surface area contributed by atoms with E-state index >= 15 is 0 Å². The van der Waals surface area contributed by atoms with E-state index in [1.165, 1.54) is 6.42 Å². The SMILES string of the molecule is CC(Cl)c1nc2cc(Cl)cnc2n1C1(C)CCC1. The van der Waals surface area contributed by atoms with Crippen molar-refractivity contribution in [3.05, 3.63) is 23.1 Å². The molecular weight excluding hydrogens is 269 g/mol. The van der Waals surface area contributed by atoms with Gasteiger partial charge in [-0.3, -0.25) is 0 Å². The van der Waals surface area contributed by atoms with E-state index in [9.17, 15) is 0 Å². The molecule has 2 aromatic rings. The molecule has 18 heavy (non-hydrogen) atoms. The molecule has 1 aliphatic carbocycles. The summed E-state index contributed by atoms with van der Waals surface area (Å²) in [5, 5.41) is 0.482. The van der Waals surface area contributed by atoms with Crippen molar-refractivity contribution in [2.75, 3.05) is 0 Å². The van der Waals surface area contributed by atoms with Crippen LogP contribution in [0.25, 0.3) is 11.2 Å². The average molecular weight is 284 g/mol. The van der Waals surface area contributed by atoms with Crippen molar-refractivity contribution in [1.82, 2.24) is 14.5 Å². The predicted octanol–water partition coefficient (Wildman–Crippen LogP) is 4.28. The largest absolute Gasteiger partial charge is 0.306 e. The number of rotatable bonds is 2. The fraction of sp³-hybridized carbons (Fsp3) is 0.538. The van der Waals surface area contributed by atoms with Gasteiger partial charge >= 0.3 is 0 Å². The molecule has 0 aromatic carbocycles. The first-order valence-electron chi connectivity index (χ1n) is 6.20. The molecule has 3 nitrogen and oxygen atoms in total. The molecule has 1 aliphatic rings. The lowest BCUT2D eigenvalue weighted by molar-refractivity contribution is 0.168. The van der Waals surface area contributed by atoms with Crippen molar-refractivity contribution in [1.29, 1.82) is 0 Å². The summed E-state index contributed by atoms with van der Waals surface area (Å²) in [6, 6.07) is 1.85. The third kappa shape index (κ3) is 1.72. The topological polar surface area (TPSA) is 30.7 Å². The minimum Gasteiger partial charge on any atom is -0.306 e. The van der Waals surface area contributed by atoms with Crippen molar-refractivity contribution in [2.45, 2.75) is 44.0 Å². The van der Waals surface area contributed by atoms with Gasteiger partial charge in [-0.2, -0.15) is 0 Å². The Morgan fingerprint density at radius 1 is 1.44 bits per heavy atom. The van der Waals surface area contributed by atoms with E-state index in [2.05, 4.69) is 21.5 Å². The van der Waals surface area contributed by atoms with Gasteiger partial charge in [0.1, 0.15) is 11.3 Å². The molecule has 1 fully saturated rings. The van der Waals surface area contributed by atoms with Crippen molar-refractivity contribution in [2.24, 2.45) is 0 Å². The first-order chi connectivity index (χ1) is 8.51. The van der Waals surface area contributed by atoms with Crippen LogP contribution in [0, 0.1) is 0 Å². The lowest BCUT2D eigenvalue weighted by Gasteiger charge is -2.41. The molecule has 0 aliphatic heterocycles. The molecule has 0 N–H and O–H groups in total. The van der Waals surface area contributed by atoms with Crippen LogP contribution in [0.3, 0.4) is 0 Å². The summed E-state index contributed by atoms with van der Waals surface area (Å²) >= 11 is 12.2. The first-order valence-corrected chi connectivity index (χ1v) is 7.01. The smallest absolute Gasteiger partial charge is 0.160 e. The molecule has 1 atom stereocenters. The molecule has 96 valence electrons. The number of nitrogens with zero attached hydrogens (tertiary/aromatic N) is 3. The summed E-state index contributed by atoms with van der Waals surface area (Å²) in [4.78, 5) is 9.05. The van der Waals surface area contributed by atoms with E-state index in [0.29, 0.717) is 5.02 Å². The van der Waals surface area contributed by atoms with Gasteiger partial charge in [0.05, 0.1) is 10.4 Å². The maximum Gasteiger partial charge on any atom is 0.160 e. The van der Waals surface area contributed by atoms with E-state index in [4.69, 9.17) is 23.2 Å². The summed E-state index contributed by atoms with van der Waals surface area (Å²) in [5.41, 5.74) is 1.83. The standard InChI is InChI=1S/C13H15Cl2N3/c1-8(14)11-17-10-6-9(15)7-16-12(10)18(11)13(2)4-3-5-13/h6-8H,3-5H2,1-2H3. The monoisotopic (exact) mass is 283 g/mol. The Morgan fingerprint density at radius 3 is 2.72 bits per heavy atom. The second kappa shape index (κ2) is 4.10. The van der Waals surface area contributed by atoms with Crippen molar-refractivity contribution in [3.8, 4) is 0 Å². The fourth-order valence-electron chi connectivity index (χ4n) is 2.67. The van der Waals surface area contributed by atoms with Gasteiger partial charge in [-0.15, -0.1) is 11.6 Å².